The van der Waals surface area contributed by atoms with Gasteiger partial charge in [-0.15, -0.1) is 0 Å². The van der Waals surface area contributed by atoms with Crippen LogP contribution in [0.15, 0.2) is 59.1 Å². The molecule has 2 N–H and O–H groups in total. The lowest BCUT2D eigenvalue weighted by Gasteiger charge is -2.27. The number of carbonyl (C=O) groups excluding carboxylic acids is 2. The number of halogens is 1. The Hall–Kier alpha value is -2.51. The molecule has 6 nitrogen and oxygen atoms in total. The molecule has 0 radical (unpaired) electrons. The average Bonchev–Trinajstić information content (AvgIpc) is 3.11. The Morgan fingerprint density at radius 2 is 1.70 bits per heavy atom. The molecule has 2 aromatic rings. The van der Waals surface area contributed by atoms with Crippen LogP contribution < -0.4 is 10.2 Å². The van der Waals surface area contributed by atoms with Crippen molar-refractivity contribution in [3.8, 4) is 0 Å². The van der Waals surface area contributed by atoms with Crippen LogP contribution in [0.25, 0.3) is 0 Å². The summed E-state index contributed by atoms with van der Waals surface area (Å²) in [6, 6.07) is 15.4. The number of hydrogen-bond acceptors (Lipinski definition) is 4. The molecule has 2 amide bonds. The zero-order valence-corrected chi connectivity index (χ0v) is 16.0. The Kier molecular flexibility index (Phi) is 4.16. The van der Waals surface area contributed by atoms with E-state index in [1.807, 2.05) is 24.3 Å². The minimum absolute atomic E-state index is 0.374. The number of carboxylic acids is 1. The van der Waals surface area contributed by atoms with Gasteiger partial charge in [-0.25, -0.2) is 4.90 Å². The van der Waals surface area contributed by atoms with Gasteiger partial charge >= 0.3 is 5.97 Å². The van der Waals surface area contributed by atoms with E-state index in [2.05, 4.69) is 21.2 Å². The third-order valence-electron chi connectivity index (χ3n) is 5.48. The number of fused-ring (bicyclic) bond motifs is 1. The van der Waals surface area contributed by atoms with Gasteiger partial charge in [-0.3, -0.25) is 19.7 Å². The van der Waals surface area contributed by atoms with Gasteiger partial charge in [0.15, 0.2) is 0 Å². The highest BCUT2D eigenvalue weighted by molar-refractivity contribution is 9.10. The number of carboxylic acid groups (broad SMARTS) is 1. The van der Waals surface area contributed by atoms with E-state index in [4.69, 9.17) is 0 Å². The monoisotopic (exact) mass is 428 g/mol. The molecule has 0 saturated carbocycles. The van der Waals surface area contributed by atoms with Gasteiger partial charge < -0.3 is 5.11 Å². The van der Waals surface area contributed by atoms with E-state index in [1.165, 1.54) is 6.92 Å². The predicted octanol–water partition coefficient (Wildman–Crippen LogP) is 2.74. The van der Waals surface area contributed by atoms with Crippen molar-refractivity contribution in [1.82, 2.24) is 5.32 Å². The van der Waals surface area contributed by atoms with Gasteiger partial charge in [-0.05, 0) is 36.8 Å². The highest BCUT2D eigenvalue weighted by Gasteiger charge is 2.66. The fourth-order valence-electron chi connectivity index (χ4n) is 4.12. The van der Waals surface area contributed by atoms with Crippen molar-refractivity contribution < 1.29 is 19.5 Å². The normalized spacial score (nSPS) is 29.9. The fourth-order valence-corrected chi connectivity index (χ4v) is 4.39. The third-order valence-corrected chi connectivity index (χ3v) is 6.00. The van der Waals surface area contributed by atoms with Crippen LogP contribution in [0.1, 0.15) is 18.5 Å². The van der Waals surface area contributed by atoms with Crippen LogP contribution in [-0.2, 0) is 14.4 Å². The molecule has 2 aliphatic rings. The first-order valence-corrected chi connectivity index (χ1v) is 9.33. The molecule has 0 aliphatic carbocycles. The minimum atomic E-state index is -1.53. The molecule has 0 aromatic heterocycles. The quantitative estimate of drug-likeness (QED) is 0.733. The van der Waals surface area contributed by atoms with Crippen LogP contribution in [0.3, 0.4) is 0 Å². The summed E-state index contributed by atoms with van der Waals surface area (Å²) < 4.78 is 0.876. The highest BCUT2D eigenvalue weighted by atomic mass is 79.9. The second kappa shape index (κ2) is 6.28. The smallest absolute Gasteiger partial charge is 0.324 e. The molecular formula is C20H17BrN2O4. The van der Waals surface area contributed by atoms with Crippen LogP contribution in [-0.4, -0.2) is 28.4 Å². The predicted molar refractivity (Wildman–Crippen MR) is 102 cm³/mol. The van der Waals surface area contributed by atoms with Gasteiger partial charge in [0.2, 0.25) is 11.8 Å². The second-order valence-electron chi connectivity index (χ2n) is 7.03. The summed E-state index contributed by atoms with van der Waals surface area (Å²) in [7, 11) is 0. The zero-order chi connectivity index (χ0) is 19.3. The molecule has 2 saturated heterocycles. The van der Waals surface area contributed by atoms with E-state index in [0.29, 0.717) is 5.69 Å². The summed E-state index contributed by atoms with van der Waals surface area (Å²) in [5.74, 6) is -3.75. The Balaban J connectivity index is 1.82. The van der Waals surface area contributed by atoms with Crippen molar-refractivity contribution in [3.05, 3.63) is 64.6 Å². The van der Waals surface area contributed by atoms with Crippen LogP contribution in [0.4, 0.5) is 5.69 Å². The van der Waals surface area contributed by atoms with E-state index < -0.39 is 35.3 Å². The number of hydrogen-bond donors (Lipinski definition) is 2. The number of carbonyl (C=O) groups is 3. The summed E-state index contributed by atoms with van der Waals surface area (Å²) in [6.45, 7) is 1.48. The largest absolute Gasteiger partial charge is 0.480 e. The molecule has 4 rings (SSSR count). The Morgan fingerprint density at radius 3 is 2.30 bits per heavy atom. The number of anilines is 1. The van der Waals surface area contributed by atoms with Crippen molar-refractivity contribution in [3.63, 3.8) is 0 Å². The third kappa shape index (κ3) is 2.61. The van der Waals surface area contributed by atoms with Crippen molar-refractivity contribution in [1.29, 1.82) is 0 Å². The lowest BCUT2D eigenvalue weighted by atomic mass is 9.80. The van der Waals surface area contributed by atoms with Gasteiger partial charge in [0.05, 0.1) is 17.5 Å². The Bertz CT molecular complexity index is 931. The molecule has 0 spiro atoms. The number of benzene rings is 2. The lowest BCUT2D eigenvalue weighted by molar-refractivity contribution is -0.147. The maximum atomic E-state index is 13.2. The summed E-state index contributed by atoms with van der Waals surface area (Å²) in [5, 5.41) is 12.9. The van der Waals surface area contributed by atoms with Crippen molar-refractivity contribution >= 4 is 39.4 Å². The topological polar surface area (TPSA) is 86.7 Å². The van der Waals surface area contributed by atoms with Crippen LogP contribution in [0.5, 0.6) is 0 Å². The maximum Gasteiger partial charge on any atom is 0.324 e. The summed E-state index contributed by atoms with van der Waals surface area (Å²) in [5.41, 5.74) is -0.294. The Labute approximate surface area is 164 Å². The van der Waals surface area contributed by atoms with Crippen LogP contribution in [0, 0.1) is 11.8 Å². The first kappa shape index (κ1) is 17.9. The number of amides is 2. The van der Waals surface area contributed by atoms with E-state index in [0.717, 1.165) is 14.9 Å². The second-order valence-corrected chi connectivity index (χ2v) is 7.95. The van der Waals surface area contributed by atoms with E-state index in [1.54, 1.807) is 30.3 Å². The van der Waals surface area contributed by atoms with Crippen LogP contribution in [0.2, 0.25) is 0 Å². The molecular weight excluding hydrogens is 412 g/mol. The van der Waals surface area contributed by atoms with Crippen molar-refractivity contribution in [2.75, 3.05) is 4.90 Å². The zero-order valence-electron chi connectivity index (χ0n) is 14.4. The summed E-state index contributed by atoms with van der Waals surface area (Å²) in [6.07, 6.45) is 0. The van der Waals surface area contributed by atoms with Crippen LogP contribution >= 0.6 is 15.9 Å². The number of aliphatic carboxylic acids is 1. The lowest BCUT2D eigenvalue weighted by Crippen LogP contribution is -2.53. The number of imide groups is 1. The highest BCUT2D eigenvalue weighted by Crippen LogP contribution is 2.49. The average molecular weight is 429 g/mol. The van der Waals surface area contributed by atoms with Gasteiger partial charge in [0.1, 0.15) is 5.54 Å². The molecule has 4 atom stereocenters. The molecule has 4 unspecified atom stereocenters. The number of nitrogens with zero attached hydrogens (tertiary/aromatic N) is 1. The van der Waals surface area contributed by atoms with E-state index in [9.17, 15) is 19.5 Å². The fraction of sp³-hybridized carbons (Fsp3) is 0.250. The number of para-hydroxylation sites is 1. The maximum absolute atomic E-state index is 13.2. The van der Waals surface area contributed by atoms with Gasteiger partial charge in [0, 0.05) is 10.5 Å². The molecule has 2 fully saturated rings. The van der Waals surface area contributed by atoms with Crippen molar-refractivity contribution in [2.45, 2.75) is 18.5 Å². The molecule has 138 valence electrons. The van der Waals surface area contributed by atoms with Crippen molar-refractivity contribution in [2.24, 2.45) is 11.8 Å². The molecule has 27 heavy (non-hydrogen) atoms. The molecule has 2 heterocycles. The first-order valence-electron chi connectivity index (χ1n) is 8.54. The number of rotatable bonds is 3. The first-order chi connectivity index (χ1) is 12.8. The molecule has 2 aliphatic heterocycles. The number of nitrogens with one attached hydrogen (secondary N) is 1. The molecule has 7 heteroatoms. The Morgan fingerprint density at radius 1 is 1.07 bits per heavy atom. The van der Waals surface area contributed by atoms with Gasteiger partial charge in [0.25, 0.3) is 0 Å². The summed E-state index contributed by atoms with van der Waals surface area (Å²) in [4.78, 5) is 39.5. The standard InChI is InChI=1S/C20H17BrN2O4/c1-20(19(26)27)15-14(16(22-20)11-7-9-12(21)10-8-11)17(24)23(18(15)25)13-5-3-2-4-6-13/h2-10,14-16,22H,1H3,(H,26,27). The van der Waals surface area contributed by atoms with E-state index in [-0.39, 0.29) is 5.91 Å². The summed E-state index contributed by atoms with van der Waals surface area (Å²) >= 11 is 3.37. The minimum Gasteiger partial charge on any atom is -0.480 e. The van der Waals surface area contributed by atoms with E-state index >= 15 is 0 Å². The SMILES string of the molecule is CC1(C(=O)O)NC(c2ccc(Br)cc2)C2C(=O)N(c3ccccc3)C(=O)C21. The molecule has 2 aromatic carbocycles. The van der Waals surface area contributed by atoms with Gasteiger partial charge in [-0.1, -0.05) is 46.3 Å². The van der Waals surface area contributed by atoms with Gasteiger partial charge in [-0.2, -0.15) is 0 Å². The molecule has 0 bridgehead atoms.